The number of hydrogen-bond donors (Lipinski definition) is 1. The predicted molar refractivity (Wildman–Crippen MR) is 74.9 cm³/mol. The van der Waals surface area contributed by atoms with E-state index in [1.807, 2.05) is 31.2 Å². The minimum Gasteiger partial charge on any atom is -0.494 e. The molecule has 1 heterocycles. The summed E-state index contributed by atoms with van der Waals surface area (Å²) in [4.78, 5) is 0. The van der Waals surface area contributed by atoms with Gasteiger partial charge in [0.15, 0.2) is 0 Å². The van der Waals surface area contributed by atoms with Crippen LogP contribution in [0.25, 0.3) is 0 Å². The van der Waals surface area contributed by atoms with Crippen molar-refractivity contribution in [2.75, 3.05) is 39.5 Å². The Morgan fingerprint density at radius 2 is 1.95 bits per heavy atom. The summed E-state index contributed by atoms with van der Waals surface area (Å²) in [5.74, 6) is 2.44. The molecule has 1 aromatic rings. The second-order valence-electron chi connectivity index (χ2n) is 4.69. The van der Waals surface area contributed by atoms with Gasteiger partial charge in [0.05, 0.1) is 13.2 Å². The van der Waals surface area contributed by atoms with Crippen LogP contribution in [-0.2, 0) is 4.74 Å². The van der Waals surface area contributed by atoms with E-state index in [2.05, 4.69) is 5.32 Å². The highest BCUT2D eigenvalue weighted by atomic mass is 16.5. The summed E-state index contributed by atoms with van der Waals surface area (Å²) in [5, 5.41) is 3.40. The molecule has 1 atom stereocenters. The first-order chi connectivity index (χ1) is 9.38. The van der Waals surface area contributed by atoms with E-state index in [9.17, 15) is 0 Å². The van der Waals surface area contributed by atoms with E-state index in [1.54, 1.807) is 0 Å². The minimum absolute atomic E-state index is 0.672. The molecule has 1 saturated heterocycles. The average Bonchev–Trinajstić information content (AvgIpc) is 2.94. The van der Waals surface area contributed by atoms with Gasteiger partial charge in [0, 0.05) is 19.7 Å². The van der Waals surface area contributed by atoms with E-state index < -0.39 is 0 Å². The maximum atomic E-state index is 5.65. The van der Waals surface area contributed by atoms with Crippen molar-refractivity contribution in [3.63, 3.8) is 0 Å². The molecule has 0 amide bonds. The van der Waals surface area contributed by atoms with Crippen LogP contribution in [0.2, 0.25) is 0 Å². The van der Waals surface area contributed by atoms with Crippen LogP contribution in [0.4, 0.5) is 0 Å². The van der Waals surface area contributed by atoms with Gasteiger partial charge in [-0.15, -0.1) is 0 Å². The second-order valence-corrected chi connectivity index (χ2v) is 4.69. The van der Waals surface area contributed by atoms with Gasteiger partial charge in [0.2, 0.25) is 0 Å². The highest BCUT2D eigenvalue weighted by molar-refractivity contribution is 5.31. The molecule has 1 unspecified atom stereocenters. The van der Waals surface area contributed by atoms with Crippen LogP contribution < -0.4 is 14.8 Å². The summed E-state index contributed by atoms with van der Waals surface area (Å²) in [7, 11) is 0. The molecule has 0 aromatic heterocycles. The van der Waals surface area contributed by atoms with Crippen LogP contribution in [-0.4, -0.2) is 39.5 Å². The molecule has 1 aromatic carbocycles. The van der Waals surface area contributed by atoms with E-state index >= 15 is 0 Å². The van der Waals surface area contributed by atoms with E-state index in [0.717, 1.165) is 37.8 Å². The average molecular weight is 265 g/mol. The van der Waals surface area contributed by atoms with E-state index in [0.29, 0.717) is 19.1 Å². The third-order valence-electron chi connectivity index (χ3n) is 3.14. The standard InChI is InChI=1S/C15H23NO3/c1-2-18-14-3-5-15(6-4-14)19-10-8-16-11-13-7-9-17-12-13/h3-6,13,16H,2,7-12H2,1H3. The van der Waals surface area contributed by atoms with Gasteiger partial charge < -0.3 is 19.5 Å². The van der Waals surface area contributed by atoms with Crippen LogP contribution in [0.3, 0.4) is 0 Å². The Morgan fingerprint density at radius 3 is 2.58 bits per heavy atom. The first-order valence-corrected chi connectivity index (χ1v) is 7.02. The van der Waals surface area contributed by atoms with E-state index in [4.69, 9.17) is 14.2 Å². The maximum absolute atomic E-state index is 5.65. The quantitative estimate of drug-likeness (QED) is 0.731. The fourth-order valence-electron chi connectivity index (χ4n) is 2.09. The molecule has 0 saturated carbocycles. The van der Waals surface area contributed by atoms with Crippen molar-refractivity contribution in [2.24, 2.45) is 5.92 Å². The lowest BCUT2D eigenvalue weighted by Crippen LogP contribution is -2.27. The molecular weight excluding hydrogens is 242 g/mol. The van der Waals surface area contributed by atoms with Crippen LogP contribution in [0.5, 0.6) is 11.5 Å². The Balaban J connectivity index is 1.57. The van der Waals surface area contributed by atoms with Gasteiger partial charge >= 0.3 is 0 Å². The van der Waals surface area contributed by atoms with Gasteiger partial charge in [0.25, 0.3) is 0 Å². The summed E-state index contributed by atoms with van der Waals surface area (Å²) in [6, 6.07) is 7.75. The van der Waals surface area contributed by atoms with Crippen molar-refractivity contribution in [1.82, 2.24) is 5.32 Å². The molecule has 19 heavy (non-hydrogen) atoms. The lowest BCUT2D eigenvalue weighted by Gasteiger charge is -2.10. The number of nitrogens with one attached hydrogen (secondary N) is 1. The first kappa shape index (κ1) is 14.2. The number of hydrogen-bond acceptors (Lipinski definition) is 4. The smallest absolute Gasteiger partial charge is 0.119 e. The molecule has 1 fully saturated rings. The van der Waals surface area contributed by atoms with Crippen LogP contribution in [0, 0.1) is 5.92 Å². The third-order valence-corrected chi connectivity index (χ3v) is 3.14. The number of rotatable bonds is 8. The predicted octanol–water partition coefficient (Wildman–Crippen LogP) is 2.09. The Morgan fingerprint density at radius 1 is 1.21 bits per heavy atom. The van der Waals surface area contributed by atoms with E-state index in [-0.39, 0.29) is 0 Å². The lowest BCUT2D eigenvalue weighted by molar-refractivity contribution is 0.185. The normalized spacial score (nSPS) is 18.5. The SMILES string of the molecule is CCOc1ccc(OCCNCC2CCOC2)cc1. The van der Waals surface area contributed by atoms with Crippen molar-refractivity contribution in [2.45, 2.75) is 13.3 Å². The molecule has 4 nitrogen and oxygen atoms in total. The monoisotopic (exact) mass is 265 g/mol. The largest absolute Gasteiger partial charge is 0.494 e. The molecule has 1 aliphatic heterocycles. The molecule has 0 spiro atoms. The van der Waals surface area contributed by atoms with Crippen molar-refractivity contribution in [3.05, 3.63) is 24.3 Å². The maximum Gasteiger partial charge on any atom is 0.119 e. The second kappa shape index (κ2) is 8.02. The molecule has 1 N–H and O–H groups in total. The number of benzene rings is 1. The van der Waals surface area contributed by atoms with E-state index in [1.165, 1.54) is 6.42 Å². The molecule has 0 aliphatic carbocycles. The molecular formula is C15H23NO3. The molecule has 0 bridgehead atoms. The van der Waals surface area contributed by atoms with Gasteiger partial charge in [0.1, 0.15) is 18.1 Å². The summed E-state index contributed by atoms with van der Waals surface area (Å²) in [6.07, 6.45) is 1.17. The summed E-state index contributed by atoms with van der Waals surface area (Å²) < 4.78 is 16.4. The summed E-state index contributed by atoms with van der Waals surface area (Å²) in [6.45, 7) is 7.04. The summed E-state index contributed by atoms with van der Waals surface area (Å²) in [5.41, 5.74) is 0. The third kappa shape index (κ3) is 5.09. The van der Waals surface area contributed by atoms with Gasteiger partial charge in [-0.2, -0.15) is 0 Å². The Hall–Kier alpha value is -1.26. The van der Waals surface area contributed by atoms with Crippen LogP contribution in [0.15, 0.2) is 24.3 Å². The Bertz CT molecular complexity index is 347. The van der Waals surface area contributed by atoms with Gasteiger partial charge in [-0.3, -0.25) is 0 Å². The topological polar surface area (TPSA) is 39.7 Å². The molecule has 106 valence electrons. The molecule has 1 aliphatic rings. The van der Waals surface area contributed by atoms with Gasteiger partial charge in [-0.05, 0) is 43.5 Å². The highest BCUT2D eigenvalue weighted by Gasteiger charge is 2.14. The zero-order chi connectivity index (χ0) is 13.3. The van der Waals surface area contributed by atoms with Gasteiger partial charge in [-0.1, -0.05) is 0 Å². The van der Waals surface area contributed by atoms with Crippen molar-refractivity contribution >= 4 is 0 Å². The van der Waals surface area contributed by atoms with Crippen molar-refractivity contribution in [3.8, 4) is 11.5 Å². The fraction of sp³-hybridized carbons (Fsp3) is 0.600. The van der Waals surface area contributed by atoms with Crippen LogP contribution >= 0.6 is 0 Å². The van der Waals surface area contributed by atoms with Crippen molar-refractivity contribution in [1.29, 1.82) is 0 Å². The zero-order valence-corrected chi connectivity index (χ0v) is 11.6. The highest BCUT2D eigenvalue weighted by Crippen LogP contribution is 2.17. The molecule has 0 radical (unpaired) electrons. The Labute approximate surface area is 115 Å². The first-order valence-electron chi connectivity index (χ1n) is 7.02. The molecule has 4 heteroatoms. The van der Waals surface area contributed by atoms with Crippen molar-refractivity contribution < 1.29 is 14.2 Å². The molecule has 2 rings (SSSR count). The van der Waals surface area contributed by atoms with Gasteiger partial charge in [-0.25, -0.2) is 0 Å². The number of ether oxygens (including phenoxy) is 3. The summed E-state index contributed by atoms with van der Waals surface area (Å²) >= 11 is 0. The Kier molecular flexibility index (Phi) is 5.98. The zero-order valence-electron chi connectivity index (χ0n) is 11.6. The lowest BCUT2D eigenvalue weighted by atomic mass is 10.1. The minimum atomic E-state index is 0.672. The van der Waals surface area contributed by atoms with Crippen LogP contribution in [0.1, 0.15) is 13.3 Å². The fourth-order valence-corrected chi connectivity index (χ4v) is 2.09.